The zero-order chi connectivity index (χ0) is 16.8. The van der Waals surface area contributed by atoms with Crippen molar-refractivity contribution in [3.63, 3.8) is 0 Å². The first kappa shape index (κ1) is 16.5. The smallest absolute Gasteiger partial charge is 0.315 e. The quantitative estimate of drug-likeness (QED) is 0.762. The van der Waals surface area contributed by atoms with Gasteiger partial charge in [0.25, 0.3) is 0 Å². The molecule has 126 valence electrons. The zero-order valence-electron chi connectivity index (χ0n) is 13.7. The number of aryl methyl sites for hydroxylation is 1. The molecule has 3 N–H and O–H groups in total. The molecule has 0 aromatic heterocycles. The number of hydrogen-bond donors (Lipinski definition) is 3. The molecule has 2 atom stereocenters. The molecule has 4 heteroatoms. The van der Waals surface area contributed by atoms with Crippen molar-refractivity contribution in [3.8, 4) is 0 Å². The fourth-order valence-electron chi connectivity index (χ4n) is 3.37. The predicted octanol–water partition coefficient (Wildman–Crippen LogP) is 3.49. The Kier molecular flexibility index (Phi) is 5.49. The third kappa shape index (κ3) is 3.95. The minimum atomic E-state index is -0.150. The van der Waals surface area contributed by atoms with Gasteiger partial charge in [0.05, 0.1) is 12.1 Å². The molecule has 1 aliphatic carbocycles. The van der Waals surface area contributed by atoms with Crippen LogP contribution in [-0.2, 0) is 6.42 Å². The van der Waals surface area contributed by atoms with Crippen LogP contribution in [0, 0.1) is 0 Å². The van der Waals surface area contributed by atoms with Crippen LogP contribution < -0.4 is 10.6 Å². The van der Waals surface area contributed by atoms with E-state index < -0.39 is 0 Å². The van der Waals surface area contributed by atoms with Crippen molar-refractivity contribution in [2.24, 2.45) is 0 Å². The molecule has 2 unspecified atom stereocenters. The van der Waals surface area contributed by atoms with Crippen molar-refractivity contribution in [2.45, 2.75) is 37.8 Å². The number of fused-ring (bicyclic) bond motifs is 1. The summed E-state index contributed by atoms with van der Waals surface area (Å²) in [6.07, 6.45) is 3.33. The summed E-state index contributed by atoms with van der Waals surface area (Å²) in [6, 6.07) is 18.0. The number of hydrogen-bond acceptors (Lipinski definition) is 2. The Hall–Kier alpha value is -2.33. The molecule has 0 bridgehead atoms. The van der Waals surface area contributed by atoms with E-state index in [1.165, 1.54) is 11.1 Å². The van der Waals surface area contributed by atoms with Crippen LogP contribution in [0.3, 0.4) is 0 Å². The van der Waals surface area contributed by atoms with E-state index in [-0.39, 0.29) is 24.7 Å². The summed E-state index contributed by atoms with van der Waals surface area (Å²) < 4.78 is 0. The van der Waals surface area contributed by atoms with Crippen molar-refractivity contribution >= 4 is 6.03 Å². The van der Waals surface area contributed by atoms with E-state index in [1.807, 2.05) is 42.5 Å². The third-order valence-corrected chi connectivity index (χ3v) is 4.60. The molecular weight excluding hydrogens is 300 g/mol. The molecule has 2 aromatic carbocycles. The fraction of sp³-hybridized carbons (Fsp3) is 0.350. The van der Waals surface area contributed by atoms with E-state index in [1.54, 1.807) is 0 Å². The molecule has 3 rings (SSSR count). The van der Waals surface area contributed by atoms with Gasteiger partial charge in [0.15, 0.2) is 0 Å². The van der Waals surface area contributed by atoms with Crippen molar-refractivity contribution in [2.75, 3.05) is 6.61 Å². The van der Waals surface area contributed by atoms with Crippen LogP contribution in [0.25, 0.3) is 0 Å². The molecule has 0 heterocycles. The number of aliphatic hydroxyl groups excluding tert-OH is 1. The number of carbonyl (C=O) groups excluding carboxylic acids is 1. The number of amides is 2. The number of nitrogens with one attached hydrogen (secondary N) is 2. The van der Waals surface area contributed by atoms with Crippen LogP contribution in [-0.4, -0.2) is 17.7 Å². The number of aliphatic hydroxyl groups is 1. The third-order valence-electron chi connectivity index (χ3n) is 4.60. The second-order valence-electron chi connectivity index (χ2n) is 6.24. The summed E-state index contributed by atoms with van der Waals surface area (Å²) in [5.41, 5.74) is 3.61. The first-order valence-electron chi connectivity index (χ1n) is 8.58. The lowest BCUT2D eigenvalue weighted by Crippen LogP contribution is -2.39. The van der Waals surface area contributed by atoms with E-state index in [4.69, 9.17) is 5.11 Å². The van der Waals surface area contributed by atoms with Crippen molar-refractivity contribution in [1.82, 2.24) is 10.6 Å². The minimum absolute atomic E-state index is 0.0791. The van der Waals surface area contributed by atoms with E-state index >= 15 is 0 Å². The molecule has 2 amide bonds. The van der Waals surface area contributed by atoms with Gasteiger partial charge in [-0.05, 0) is 42.4 Å². The number of carbonyl (C=O) groups is 1. The maximum atomic E-state index is 12.5. The summed E-state index contributed by atoms with van der Waals surface area (Å²) in [6.45, 7) is 0.128. The van der Waals surface area contributed by atoms with Gasteiger partial charge in [0.1, 0.15) is 0 Å². The molecular formula is C20H24N2O2. The van der Waals surface area contributed by atoms with Gasteiger partial charge in [-0.25, -0.2) is 4.79 Å². The lowest BCUT2D eigenvalue weighted by Gasteiger charge is -2.21. The van der Waals surface area contributed by atoms with Crippen LogP contribution in [0.4, 0.5) is 4.79 Å². The first-order valence-corrected chi connectivity index (χ1v) is 8.58. The maximum Gasteiger partial charge on any atom is 0.315 e. The molecule has 0 spiro atoms. The van der Waals surface area contributed by atoms with Crippen molar-refractivity contribution < 1.29 is 9.90 Å². The molecule has 24 heavy (non-hydrogen) atoms. The highest BCUT2D eigenvalue weighted by Gasteiger charge is 2.24. The van der Waals surface area contributed by atoms with Crippen LogP contribution in [0.1, 0.15) is 48.0 Å². The fourth-order valence-corrected chi connectivity index (χ4v) is 3.37. The molecule has 0 saturated carbocycles. The van der Waals surface area contributed by atoms with Crippen LogP contribution in [0.15, 0.2) is 54.6 Å². The zero-order valence-corrected chi connectivity index (χ0v) is 13.7. The van der Waals surface area contributed by atoms with Crippen molar-refractivity contribution in [3.05, 3.63) is 71.3 Å². The van der Waals surface area contributed by atoms with Crippen molar-refractivity contribution in [1.29, 1.82) is 0 Å². The molecule has 0 radical (unpaired) electrons. The second kappa shape index (κ2) is 7.97. The highest BCUT2D eigenvalue weighted by Crippen LogP contribution is 2.30. The minimum Gasteiger partial charge on any atom is -0.396 e. The van der Waals surface area contributed by atoms with Gasteiger partial charge in [-0.15, -0.1) is 0 Å². The Morgan fingerprint density at radius 2 is 1.88 bits per heavy atom. The molecule has 4 nitrogen and oxygen atoms in total. The monoisotopic (exact) mass is 324 g/mol. The molecule has 1 aliphatic rings. The summed E-state index contributed by atoms with van der Waals surface area (Å²) in [5.74, 6) is 0. The highest BCUT2D eigenvalue weighted by molar-refractivity contribution is 5.75. The van der Waals surface area contributed by atoms with E-state index in [0.717, 1.165) is 24.8 Å². The molecule has 2 aromatic rings. The van der Waals surface area contributed by atoms with Gasteiger partial charge in [-0.3, -0.25) is 0 Å². The first-order chi connectivity index (χ1) is 11.8. The normalized spacial score (nSPS) is 17.1. The summed E-state index contributed by atoms with van der Waals surface area (Å²) in [4.78, 5) is 12.5. The van der Waals surface area contributed by atoms with Gasteiger partial charge >= 0.3 is 6.03 Å². The number of urea groups is 1. The van der Waals surface area contributed by atoms with Crippen LogP contribution in [0.5, 0.6) is 0 Å². The molecule has 0 fully saturated rings. The highest BCUT2D eigenvalue weighted by atomic mass is 16.3. The number of rotatable bonds is 6. The SMILES string of the molecule is O=C(NC(CCCO)c1ccccc1)NC1CCc2ccccc21. The van der Waals surface area contributed by atoms with Gasteiger partial charge in [-0.2, -0.15) is 0 Å². The predicted molar refractivity (Wildman–Crippen MR) is 94.7 cm³/mol. The van der Waals surface area contributed by atoms with Gasteiger partial charge in [0, 0.05) is 6.61 Å². The Balaban J connectivity index is 1.64. The van der Waals surface area contributed by atoms with E-state index in [9.17, 15) is 4.79 Å². The Labute approximate surface area is 142 Å². The van der Waals surface area contributed by atoms with Crippen LogP contribution in [0.2, 0.25) is 0 Å². The van der Waals surface area contributed by atoms with E-state index in [2.05, 4.69) is 22.8 Å². The topological polar surface area (TPSA) is 61.4 Å². The van der Waals surface area contributed by atoms with Crippen LogP contribution >= 0.6 is 0 Å². The largest absolute Gasteiger partial charge is 0.396 e. The van der Waals surface area contributed by atoms with Gasteiger partial charge in [-0.1, -0.05) is 54.6 Å². The maximum absolute atomic E-state index is 12.5. The summed E-state index contributed by atoms with van der Waals surface area (Å²) in [7, 11) is 0. The van der Waals surface area contributed by atoms with Gasteiger partial charge < -0.3 is 15.7 Å². The molecule has 0 saturated heterocycles. The summed E-state index contributed by atoms with van der Waals surface area (Å²) in [5, 5.41) is 15.3. The second-order valence-corrected chi connectivity index (χ2v) is 6.24. The number of benzene rings is 2. The lowest BCUT2D eigenvalue weighted by atomic mass is 10.0. The van der Waals surface area contributed by atoms with Gasteiger partial charge in [0.2, 0.25) is 0 Å². The lowest BCUT2D eigenvalue weighted by molar-refractivity contribution is 0.229. The van der Waals surface area contributed by atoms with E-state index in [0.29, 0.717) is 6.42 Å². The Morgan fingerprint density at radius 3 is 2.67 bits per heavy atom. The average Bonchev–Trinajstić information content (AvgIpc) is 3.02. The average molecular weight is 324 g/mol. The summed E-state index contributed by atoms with van der Waals surface area (Å²) >= 11 is 0. The Morgan fingerprint density at radius 1 is 1.12 bits per heavy atom. The molecule has 0 aliphatic heterocycles. The Bertz CT molecular complexity index is 672. The standard InChI is InChI=1S/C20H24N2O2/c23-14-6-11-18(16-8-2-1-3-9-16)21-20(24)22-19-13-12-15-7-4-5-10-17(15)19/h1-5,7-10,18-19,23H,6,11-14H2,(H2,21,22,24).